The Labute approximate surface area is 136 Å². The fraction of sp³-hybridized carbons (Fsp3) is 0.467. The lowest BCUT2D eigenvalue weighted by Gasteiger charge is -2.42. The molecule has 2 aromatic rings. The van der Waals surface area contributed by atoms with E-state index >= 15 is 0 Å². The van der Waals surface area contributed by atoms with Gasteiger partial charge in [0.25, 0.3) is 0 Å². The Kier molecular flexibility index (Phi) is 3.88. The molecule has 2 aromatic heterocycles. The number of nitrogens with one attached hydrogen (secondary N) is 1. The van der Waals surface area contributed by atoms with Gasteiger partial charge in [-0.15, -0.1) is 0 Å². The lowest BCUT2D eigenvalue weighted by atomic mass is 9.68. The van der Waals surface area contributed by atoms with Crippen LogP contribution in [0.15, 0.2) is 45.6 Å². The van der Waals surface area contributed by atoms with E-state index < -0.39 is 39.4 Å². The highest BCUT2D eigenvalue weighted by Crippen LogP contribution is 2.46. The zero-order valence-electron chi connectivity index (χ0n) is 13.1. The van der Waals surface area contributed by atoms with Gasteiger partial charge in [-0.25, -0.2) is 0 Å². The summed E-state index contributed by atoms with van der Waals surface area (Å²) in [6.45, 7) is 3.08. The van der Waals surface area contributed by atoms with E-state index in [1.807, 2.05) is 0 Å². The largest absolute Gasteiger partial charge is 0.467 e. The summed E-state index contributed by atoms with van der Waals surface area (Å²) in [7, 11) is 0. The monoisotopic (exact) mass is 335 g/mol. The maximum atomic E-state index is 11.7. The van der Waals surface area contributed by atoms with Crippen molar-refractivity contribution in [3.05, 3.63) is 68.5 Å². The van der Waals surface area contributed by atoms with Crippen LogP contribution in [0.1, 0.15) is 37.5 Å². The Morgan fingerprint density at radius 3 is 1.67 bits per heavy atom. The van der Waals surface area contributed by atoms with E-state index in [-0.39, 0.29) is 0 Å². The number of nitro groups is 2. The normalized spacial score (nSPS) is 29.2. The van der Waals surface area contributed by atoms with Crippen molar-refractivity contribution in [2.45, 2.75) is 38.0 Å². The van der Waals surface area contributed by atoms with Crippen LogP contribution in [0.2, 0.25) is 0 Å². The summed E-state index contributed by atoms with van der Waals surface area (Å²) in [6, 6.07) is 2.42. The molecule has 1 fully saturated rings. The smallest absolute Gasteiger partial charge is 0.247 e. The summed E-state index contributed by atoms with van der Waals surface area (Å²) in [5.74, 6) is 0.728. The third kappa shape index (κ3) is 2.46. The van der Waals surface area contributed by atoms with E-state index in [0.717, 1.165) is 0 Å². The molecular weight excluding hydrogens is 318 g/mol. The molecule has 9 nitrogen and oxygen atoms in total. The van der Waals surface area contributed by atoms with Gasteiger partial charge in [-0.1, -0.05) is 0 Å². The molecule has 128 valence electrons. The summed E-state index contributed by atoms with van der Waals surface area (Å²) < 4.78 is 10.7. The summed E-state index contributed by atoms with van der Waals surface area (Å²) in [4.78, 5) is 22.5. The van der Waals surface area contributed by atoms with E-state index in [4.69, 9.17) is 8.83 Å². The maximum absolute atomic E-state index is 11.7. The number of hydrogen-bond acceptors (Lipinski definition) is 7. The molecule has 3 rings (SSSR count). The average Bonchev–Trinajstić information content (AvgIpc) is 3.17. The molecule has 9 heteroatoms. The van der Waals surface area contributed by atoms with Crippen LogP contribution in [-0.4, -0.2) is 21.9 Å². The highest BCUT2D eigenvalue weighted by atomic mass is 16.6. The van der Waals surface area contributed by atoms with Crippen LogP contribution in [0.4, 0.5) is 0 Å². The molecule has 0 unspecified atom stereocenters. The van der Waals surface area contributed by atoms with E-state index in [2.05, 4.69) is 5.32 Å². The topological polar surface area (TPSA) is 125 Å². The molecule has 24 heavy (non-hydrogen) atoms. The molecule has 0 bridgehead atoms. The predicted molar refractivity (Wildman–Crippen MR) is 81.4 cm³/mol. The number of furan rings is 2. The van der Waals surface area contributed by atoms with Gasteiger partial charge in [0.15, 0.2) is 0 Å². The lowest BCUT2D eigenvalue weighted by Crippen LogP contribution is -2.63. The van der Waals surface area contributed by atoms with Crippen molar-refractivity contribution in [3.63, 3.8) is 0 Å². The van der Waals surface area contributed by atoms with Gasteiger partial charge >= 0.3 is 0 Å². The Bertz CT molecular complexity index is 664. The van der Waals surface area contributed by atoms with Gasteiger partial charge in [0.2, 0.25) is 12.1 Å². The van der Waals surface area contributed by atoms with Gasteiger partial charge in [0, 0.05) is 9.85 Å². The molecule has 1 aliphatic rings. The van der Waals surface area contributed by atoms with Gasteiger partial charge in [0.1, 0.15) is 29.0 Å². The first-order valence-electron chi connectivity index (χ1n) is 7.44. The molecule has 3 heterocycles. The Hall–Kier alpha value is -2.68. The van der Waals surface area contributed by atoms with E-state index in [9.17, 15) is 20.2 Å². The maximum Gasteiger partial charge on any atom is 0.247 e. The first kappa shape index (κ1) is 16.2. The predicted octanol–water partition coefficient (Wildman–Crippen LogP) is 2.58. The Morgan fingerprint density at radius 2 is 1.38 bits per heavy atom. The van der Waals surface area contributed by atoms with Gasteiger partial charge in [-0.2, -0.15) is 0 Å². The standard InChI is InChI=1S/C15H17N3O6/c1-15(2)13(17(19)20)11(9-5-3-7-23-9)16-12(14(15)18(21)22)10-6-4-8-24-10/h3-8,11-14,16H,1-2H3/t11-,12-,13-,14-/m0/s1. The number of rotatable bonds is 4. The Balaban J connectivity index is 2.12. The average molecular weight is 335 g/mol. The van der Waals surface area contributed by atoms with Gasteiger partial charge in [0.05, 0.1) is 12.5 Å². The SMILES string of the molecule is CC1(C)[C@@H]([N+](=O)[O-])[C@H](c2ccco2)N[C@@H](c2ccco2)[C@@H]1[N+](=O)[O-]. The minimum atomic E-state index is -1.24. The highest BCUT2D eigenvalue weighted by Gasteiger charge is 2.64. The molecule has 0 spiro atoms. The minimum absolute atomic E-state index is 0.364. The summed E-state index contributed by atoms with van der Waals surface area (Å²) >= 11 is 0. The van der Waals surface area contributed by atoms with Gasteiger partial charge < -0.3 is 8.83 Å². The second-order valence-corrected chi connectivity index (χ2v) is 6.43. The fourth-order valence-electron chi connectivity index (χ4n) is 3.61. The molecule has 4 atom stereocenters. The zero-order valence-corrected chi connectivity index (χ0v) is 13.1. The summed E-state index contributed by atoms with van der Waals surface area (Å²) in [6.07, 6.45) is 2.84. The van der Waals surface area contributed by atoms with Crippen LogP contribution in [0.5, 0.6) is 0 Å². The summed E-state index contributed by atoms with van der Waals surface area (Å²) in [5, 5.41) is 26.4. The summed E-state index contributed by atoms with van der Waals surface area (Å²) in [5.41, 5.74) is -1.24. The van der Waals surface area contributed by atoms with Crippen molar-refractivity contribution in [2.24, 2.45) is 5.41 Å². The fourth-order valence-corrected chi connectivity index (χ4v) is 3.61. The van der Waals surface area contributed by atoms with Crippen molar-refractivity contribution in [2.75, 3.05) is 0 Å². The lowest BCUT2D eigenvalue weighted by molar-refractivity contribution is -0.605. The van der Waals surface area contributed by atoms with E-state index in [1.165, 1.54) is 12.5 Å². The number of hydrogen-bond donors (Lipinski definition) is 1. The molecule has 0 radical (unpaired) electrons. The first-order chi connectivity index (χ1) is 11.3. The van der Waals surface area contributed by atoms with Crippen molar-refractivity contribution >= 4 is 0 Å². The van der Waals surface area contributed by atoms with Crippen molar-refractivity contribution < 1.29 is 18.7 Å². The van der Waals surface area contributed by atoms with Gasteiger partial charge in [-0.05, 0) is 38.1 Å². The van der Waals surface area contributed by atoms with Crippen molar-refractivity contribution in [3.8, 4) is 0 Å². The van der Waals surface area contributed by atoms with Crippen LogP contribution < -0.4 is 5.32 Å². The van der Waals surface area contributed by atoms with E-state index in [1.54, 1.807) is 38.1 Å². The number of piperidine rings is 1. The van der Waals surface area contributed by atoms with Crippen LogP contribution in [0, 0.1) is 25.6 Å². The quantitative estimate of drug-likeness (QED) is 0.672. The molecule has 1 saturated heterocycles. The first-order valence-corrected chi connectivity index (χ1v) is 7.44. The zero-order chi connectivity index (χ0) is 17.5. The second kappa shape index (κ2) is 5.75. The third-order valence-corrected chi connectivity index (χ3v) is 4.67. The number of nitrogens with zero attached hydrogens (tertiary/aromatic N) is 2. The van der Waals surface area contributed by atoms with E-state index in [0.29, 0.717) is 11.5 Å². The molecular formula is C15H17N3O6. The third-order valence-electron chi connectivity index (χ3n) is 4.67. The van der Waals surface area contributed by atoms with Crippen molar-refractivity contribution in [1.82, 2.24) is 5.32 Å². The van der Waals surface area contributed by atoms with Crippen LogP contribution in [0.25, 0.3) is 0 Å². The molecule has 1 aliphatic heterocycles. The molecule has 0 amide bonds. The molecule has 1 N–H and O–H groups in total. The van der Waals surface area contributed by atoms with Crippen LogP contribution >= 0.6 is 0 Å². The molecule has 0 aliphatic carbocycles. The minimum Gasteiger partial charge on any atom is -0.467 e. The molecule has 0 saturated carbocycles. The Morgan fingerprint density at radius 1 is 0.958 bits per heavy atom. The van der Waals surface area contributed by atoms with Crippen LogP contribution in [-0.2, 0) is 0 Å². The second-order valence-electron chi connectivity index (χ2n) is 6.43. The molecule has 0 aromatic carbocycles. The highest BCUT2D eigenvalue weighted by molar-refractivity contribution is 5.18. The van der Waals surface area contributed by atoms with Crippen LogP contribution in [0.3, 0.4) is 0 Å². The van der Waals surface area contributed by atoms with Crippen molar-refractivity contribution in [1.29, 1.82) is 0 Å². The van der Waals surface area contributed by atoms with Gasteiger partial charge in [-0.3, -0.25) is 25.5 Å².